The third kappa shape index (κ3) is 1.76. The number of halogens is 1. The van der Waals surface area contributed by atoms with Crippen molar-refractivity contribution in [1.82, 2.24) is 9.55 Å². The maximum absolute atomic E-state index is 13.2. The van der Waals surface area contributed by atoms with Crippen LogP contribution in [0.3, 0.4) is 0 Å². The second-order valence-electron chi connectivity index (χ2n) is 4.68. The second kappa shape index (κ2) is 4.09. The van der Waals surface area contributed by atoms with Gasteiger partial charge in [-0.15, -0.1) is 0 Å². The summed E-state index contributed by atoms with van der Waals surface area (Å²) in [5.41, 5.74) is 10.6. The average Bonchev–Trinajstić information content (AvgIpc) is 2.67. The number of rotatable bonds is 1. The summed E-state index contributed by atoms with van der Waals surface area (Å²) in [4.78, 5) is 4.36. The predicted octanol–water partition coefficient (Wildman–Crippen LogP) is 3.36. The molecule has 4 heteroatoms. The molecule has 0 aliphatic carbocycles. The quantitative estimate of drug-likeness (QED) is 0.724. The number of nitrogens with zero attached hydrogens (tertiary/aromatic N) is 2. The molecule has 19 heavy (non-hydrogen) atoms. The molecule has 96 valence electrons. The number of nitrogens with two attached hydrogens (primary N) is 1. The van der Waals surface area contributed by atoms with Crippen LogP contribution in [-0.4, -0.2) is 9.55 Å². The molecule has 0 amide bonds. The van der Waals surface area contributed by atoms with E-state index in [0.717, 1.165) is 27.8 Å². The Balaban J connectivity index is 2.39. The van der Waals surface area contributed by atoms with Gasteiger partial charge in [0.25, 0.3) is 0 Å². The number of aromatic nitrogens is 2. The molecule has 0 fully saturated rings. The molecule has 0 saturated heterocycles. The molecule has 0 spiro atoms. The summed E-state index contributed by atoms with van der Waals surface area (Å²) in [6.45, 7) is 3.88. The molecule has 2 N–H and O–H groups in total. The fraction of sp³-hybridized carbons (Fsp3) is 0.133. The van der Waals surface area contributed by atoms with Crippen molar-refractivity contribution < 1.29 is 4.39 Å². The van der Waals surface area contributed by atoms with Crippen LogP contribution in [0.25, 0.3) is 16.7 Å². The van der Waals surface area contributed by atoms with E-state index >= 15 is 0 Å². The van der Waals surface area contributed by atoms with Gasteiger partial charge in [-0.2, -0.15) is 0 Å². The van der Waals surface area contributed by atoms with Crippen molar-refractivity contribution in [3.63, 3.8) is 0 Å². The number of fused-ring (bicyclic) bond motifs is 1. The Morgan fingerprint density at radius 1 is 1.11 bits per heavy atom. The first kappa shape index (κ1) is 11.7. The topological polar surface area (TPSA) is 43.8 Å². The Hall–Kier alpha value is -2.36. The number of aryl methyl sites for hydroxylation is 2. The average molecular weight is 255 g/mol. The Kier molecular flexibility index (Phi) is 2.52. The van der Waals surface area contributed by atoms with Crippen LogP contribution < -0.4 is 5.73 Å². The van der Waals surface area contributed by atoms with Gasteiger partial charge in [0.05, 0.1) is 16.7 Å². The summed E-state index contributed by atoms with van der Waals surface area (Å²) >= 11 is 0. The molecule has 0 radical (unpaired) electrons. The molecule has 2 aromatic carbocycles. The van der Waals surface area contributed by atoms with Crippen molar-refractivity contribution in [2.45, 2.75) is 13.8 Å². The van der Waals surface area contributed by atoms with E-state index in [1.54, 1.807) is 6.07 Å². The molecular weight excluding hydrogens is 241 g/mol. The van der Waals surface area contributed by atoms with E-state index in [4.69, 9.17) is 5.73 Å². The van der Waals surface area contributed by atoms with Crippen LogP contribution in [0, 0.1) is 19.7 Å². The van der Waals surface area contributed by atoms with Gasteiger partial charge < -0.3 is 5.73 Å². The molecule has 3 rings (SSSR count). The maximum atomic E-state index is 13.2. The van der Waals surface area contributed by atoms with Crippen LogP contribution in [0.5, 0.6) is 0 Å². The highest BCUT2D eigenvalue weighted by Crippen LogP contribution is 2.27. The lowest BCUT2D eigenvalue weighted by Gasteiger charge is -2.11. The standard InChI is InChI=1S/C15H14FN3/c1-9-4-3-5-12-14(9)19(15(17)18-12)13-7-6-11(16)8-10(13)2/h3-8H,1-2H3,(H2,17,18). The molecule has 1 heterocycles. The summed E-state index contributed by atoms with van der Waals surface area (Å²) in [6, 6.07) is 10.6. The van der Waals surface area contributed by atoms with Crippen molar-refractivity contribution in [3.8, 4) is 5.69 Å². The van der Waals surface area contributed by atoms with Crippen molar-refractivity contribution in [2.24, 2.45) is 0 Å². The number of hydrogen-bond acceptors (Lipinski definition) is 2. The third-order valence-corrected chi connectivity index (χ3v) is 3.30. The smallest absolute Gasteiger partial charge is 0.205 e. The fourth-order valence-electron chi connectivity index (χ4n) is 2.43. The second-order valence-corrected chi connectivity index (χ2v) is 4.68. The largest absolute Gasteiger partial charge is 0.369 e. The van der Waals surface area contributed by atoms with E-state index in [9.17, 15) is 4.39 Å². The number of benzene rings is 2. The van der Waals surface area contributed by atoms with Crippen molar-refractivity contribution in [1.29, 1.82) is 0 Å². The summed E-state index contributed by atoms with van der Waals surface area (Å²) < 4.78 is 15.1. The molecule has 0 unspecified atom stereocenters. The molecular formula is C15H14FN3. The maximum Gasteiger partial charge on any atom is 0.205 e. The SMILES string of the molecule is Cc1cc(F)ccc1-n1c(N)nc2cccc(C)c21. The lowest BCUT2D eigenvalue weighted by Crippen LogP contribution is -2.03. The first-order valence-electron chi connectivity index (χ1n) is 6.08. The molecule has 0 aliphatic rings. The molecule has 3 aromatic rings. The molecule has 0 saturated carbocycles. The van der Waals surface area contributed by atoms with Gasteiger partial charge >= 0.3 is 0 Å². The predicted molar refractivity (Wildman–Crippen MR) is 74.9 cm³/mol. The Morgan fingerprint density at radius 2 is 1.89 bits per heavy atom. The number of para-hydroxylation sites is 1. The molecule has 0 bridgehead atoms. The monoisotopic (exact) mass is 255 g/mol. The zero-order chi connectivity index (χ0) is 13.6. The minimum Gasteiger partial charge on any atom is -0.369 e. The van der Waals surface area contributed by atoms with Crippen molar-refractivity contribution in [3.05, 3.63) is 53.3 Å². The third-order valence-electron chi connectivity index (χ3n) is 3.30. The molecule has 0 atom stereocenters. The van der Waals surface area contributed by atoms with Crippen LogP contribution in [0.4, 0.5) is 10.3 Å². The van der Waals surface area contributed by atoms with Gasteiger partial charge in [-0.1, -0.05) is 12.1 Å². The van der Waals surface area contributed by atoms with Gasteiger partial charge in [0.1, 0.15) is 5.82 Å². The first-order chi connectivity index (χ1) is 9.08. The zero-order valence-electron chi connectivity index (χ0n) is 10.8. The number of hydrogen-bond donors (Lipinski definition) is 1. The van der Waals surface area contributed by atoms with E-state index < -0.39 is 0 Å². The van der Waals surface area contributed by atoms with Gasteiger partial charge in [0.2, 0.25) is 5.95 Å². The van der Waals surface area contributed by atoms with Gasteiger partial charge in [-0.05, 0) is 49.2 Å². The summed E-state index contributed by atoms with van der Waals surface area (Å²) in [5, 5.41) is 0. The lowest BCUT2D eigenvalue weighted by molar-refractivity contribution is 0.626. The van der Waals surface area contributed by atoms with Gasteiger partial charge in [-0.25, -0.2) is 9.37 Å². The summed E-state index contributed by atoms with van der Waals surface area (Å²) in [7, 11) is 0. The minimum atomic E-state index is -0.249. The normalized spacial score (nSPS) is 11.1. The number of anilines is 1. The van der Waals surface area contributed by atoms with Crippen LogP contribution in [0.15, 0.2) is 36.4 Å². The highest BCUT2D eigenvalue weighted by Gasteiger charge is 2.13. The summed E-state index contributed by atoms with van der Waals surface area (Å²) in [5.74, 6) is 0.167. The minimum absolute atomic E-state index is 0.249. The number of nitrogen functional groups attached to an aromatic ring is 1. The highest BCUT2D eigenvalue weighted by atomic mass is 19.1. The Morgan fingerprint density at radius 3 is 2.63 bits per heavy atom. The lowest BCUT2D eigenvalue weighted by atomic mass is 10.1. The van der Waals surface area contributed by atoms with E-state index in [1.165, 1.54) is 12.1 Å². The Labute approximate surface area is 110 Å². The van der Waals surface area contributed by atoms with Gasteiger partial charge in [0.15, 0.2) is 0 Å². The molecule has 1 aromatic heterocycles. The van der Waals surface area contributed by atoms with Gasteiger partial charge in [0, 0.05) is 0 Å². The fourth-order valence-corrected chi connectivity index (χ4v) is 2.43. The number of imidazole rings is 1. The van der Waals surface area contributed by atoms with Crippen molar-refractivity contribution in [2.75, 3.05) is 5.73 Å². The molecule has 0 aliphatic heterocycles. The molecule has 3 nitrogen and oxygen atoms in total. The van der Waals surface area contributed by atoms with Crippen LogP contribution in [0.1, 0.15) is 11.1 Å². The zero-order valence-corrected chi connectivity index (χ0v) is 10.8. The van der Waals surface area contributed by atoms with Crippen molar-refractivity contribution >= 4 is 17.0 Å². The first-order valence-corrected chi connectivity index (χ1v) is 6.08. The highest BCUT2D eigenvalue weighted by molar-refractivity contribution is 5.84. The Bertz CT molecular complexity index is 774. The van der Waals surface area contributed by atoms with Crippen LogP contribution >= 0.6 is 0 Å². The van der Waals surface area contributed by atoms with E-state index in [0.29, 0.717) is 5.95 Å². The van der Waals surface area contributed by atoms with E-state index in [-0.39, 0.29) is 5.82 Å². The van der Waals surface area contributed by atoms with Crippen LogP contribution in [0.2, 0.25) is 0 Å². The van der Waals surface area contributed by atoms with Gasteiger partial charge in [-0.3, -0.25) is 4.57 Å². The van der Waals surface area contributed by atoms with E-state index in [2.05, 4.69) is 4.98 Å². The van der Waals surface area contributed by atoms with E-state index in [1.807, 2.05) is 36.6 Å². The summed E-state index contributed by atoms with van der Waals surface area (Å²) in [6.07, 6.45) is 0. The van der Waals surface area contributed by atoms with Crippen LogP contribution in [-0.2, 0) is 0 Å².